The number of anilines is 3. The van der Waals surface area contributed by atoms with E-state index in [9.17, 15) is 0 Å². The third kappa shape index (κ3) is 3.85. The highest BCUT2D eigenvalue weighted by Gasteiger charge is 2.05. The fourth-order valence-electron chi connectivity index (χ4n) is 2.30. The van der Waals surface area contributed by atoms with Crippen molar-refractivity contribution in [1.29, 1.82) is 0 Å². The number of hydrogen-bond acceptors (Lipinski definition) is 4. The molecule has 0 aliphatic rings. The Hall–Kier alpha value is -2.99. The molecule has 1 heterocycles. The molecule has 0 radical (unpaired) electrons. The molecule has 1 aromatic heterocycles. The minimum atomic E-state index is 0.225. The van der Waals surface area contributed by atoms with E-state index in [0.717, 1.165) is 28.3 Å². The summed E-state index contributed by atoms with van der Waals surface area (Å²) in [5.41, 5.74) is 9.37. The Bertz CT molecular complexity index is 879. The topological polar surface area (TPSA) is 75.9 Å². The van der Waals surface area contributed by atoms with Crippen molar-refractivity contribution < 1.29 is 0 Å². The van der Waals surface area contributed by atoms with Gasteiger partial charge in [0.05, 0.1) is 0 Å². The normalized spacial score (nSPS) is 10.2. The molecular formula is C18H17N5S. The molecule has 0 bridgehead atoms. The first-order valence-corrected chi connectivity index (χ1v) is 7.85. The van der Waals surface area contributed by atoms with Gasteiger partial charge in [-0.05, 0) is 49.0 Å². The molecule has 4 N–H and O–H groups in total. The molecule has 0 saturated heterocycles. The number of hydrogen-bond donors (Lipinski definition) is 3. The second-order valence-corrected chi connectivity index (χ2v) is 5.72. The molecule has 6 heteroatoms. The zero-order valence-electron chi connectivity index (χ0n) is 13.2. The van der Waals surface area contributed by atoms with E-state index in [1.165, 1.54) is 0 Å². The summed E-state index contributed by atoms with van der Waals surface area (Å²) in [6, 6.07) is 17.5. The number of rotatable bonds is 4. The molecule has 0 atom stereocenters. The van der Waals surface area contributed by atoms with Crippen LogP contribution in [0.5, 0.6) is 0 Å². The van der Waals surface area contributed by atoms with Crippen molar-refractivity contribution in [2.75, 3.05) is 10.6 Å². The second kappa shape index (κ2) is 7.06. The van der Waals surface area contributed by atoms with Crippen LogP contribution >= 0.6 is 12.2 Å². The van der Waals surface area contributed by atoms with Crippen LogP contribution in [0.25, 0.3) is 11.4 Å². The summed E-state index contributed by atoms with van der Waals surface area (Å²) < 4.78 is 0. The average molecular weight is 335 g/mol. The van der Waals surface area contributed by atoms with Crippen molar-refractivity contribution in [3.8, 4) is 11.4 Å². The SMILES string of the molecule is Cc1ccccc1Nc1ccnc(-c2cccc(NC(N)=S)c2)n1. The van der Waals surface area contributed by atoms with Gasteiger partial charge in [0.25, 0.3) is 0 Å². The molecule has 0 fully saturated rings. The highest BCUT2D eigenvalue weighted by molar-refractivity contribution is 7.80. The van der Waals surface area contributed by atoms with E-state index < -0.39 is 0 Å². The van der Waals surface area contributed by atoms with Gasteiger partial charge in [-0.15, -0.1) is 0 Å². The monoisotopic (exact) mass is 335 g/mol. The Labute approximate surface area is 146 Å². The predicted molar refractivity (Wildman–Crippen MR) is 102 cm³/mol. The Morgan fingerprint density at radius 1 is 1.08 bits per heavy atom. The van der Waals surface area contributed by atoms with Gasteiger partial charge in [0.1, 0.15) is 5.82 Å². The fraction of sp³-hybridized carbons (Fsp3) is 0.0556. The van der Waals surface area contributed by atoms with Crippen molar-refractivity contribution >= 4 is 34.5 Å². The number of aryl methyl sites for hydroxylation is 1. The lowest BCUT2D eigenvalue weighted by atomic mass is 10.2. The molecule has 0 saturated carbocycles. The largest absolute Gasteiger partial charge is 0.376 e. The molecule has 0 amide bonds. The van der Waals surface area contributed by atoms with Gasteiger partial charge in [0.15, 0.2) is 10.9 Å². The Balaban J connectivity index is 1.88. The van der Waals surface area contributed by atoms with Gasteiger partial charge < -0.3 is 16.4 Å². The van der Waals surface area contributed by atoms with Crippen LogP contribution in [0.4, 0.5) is 17.2 Å². The average Bonchev–Trinajstić information content (AvgIpc) is 2.57. The molecule has 5 nitrogen and oxygen atoms in total. The van der Waals surface area contributed by atoms with Gasteiger partial charge in [-0.2, -0.15) is 0 Å². The van der Waals surface area contributed by atoms with Crippen molar-refractivity contribution in [1.82, 2.24) is 9.97 Å². The summed E-state index contributed by atoms with van der Waals surface area (Å²) >= 11 is 4.87. The van der Waals surface area contributed by atoms with E-state index in [-0.39, 0.29) is 5.11 Å². The highest BCUT2D eigenvalue weighted by Crippen LogP contribution is 2.23. The fourth-order valence-corrected chi connectivity index (χ4v) is 2.41. The Morgan fingerprint density at radius 3 is 2.71 bits per heavy atom. The summed E-state index contributed by atoms with van der Waals surface area (Å²) in [5.74, 6) is 1.36. The number of nitrogens with zero attached hydrogens (tertiary/aromatic N) is 2. The van der Waals surface area contributed by atoms with Gasteiger partial charge in [0, 0.05) is 23.1 Å². The number of nitrogens with one attached hydrogen (secondary N) is 2. The van der Waals surface area contributed by atoms with E-state index in [4.69, 9.17) is 18.0 Å². The van der Waals surface area contributed by atoms with Crippen molar-refractivity contribution in [2.24, 2.45) is 5.73 Å². The first-order chi connectivity index (χ1) is 11.6. The van der Waals surface area contributed by atoms with E-state index in [1.54, 1.807) is 6.20 Å². The van der Waals surface area contributed by atoms with Crippen LogP contribution in [0.3, 0.4) is 0 Å². The van der Waals surface area contributed by atoms with Crippen LogP contribution in [0.1, 0.15) is 5.56 Å². The minimum Gasteiger partial charge on any atom is -0.376 e. The lowest BCUT2D eigenvalue weighted by molar-refractivity contribution is 1.17. The van der Waals surface area contributed by atoms with Gasteiger partial charge in [-0.25, -0.2) is 9.97 Å². The van der Waals surface area contributed by atoms with Crippen molar-refractivity contribution in [2.45, 2.75) is 6.92 Å². The zero-order valence-corrected chi connectivity index (χ0v) is 14.0. The van der Waals surface area contributed by atoms with Crippen molar-refractivity contribution in [3.63, 3.8) is 0 Å². The predicted octanol–water partition coefficient (Wildman–Crippen LogP) is 3.85. The number of nitrogens with two attached hydrogens (primary N) is 1. The summed E-state index contributed by atoms with van der Waals surface area (Å²) in [6.45, 7) is 2.05. The molecule has 120 valence electrons. The number of thiocarbonyl (C=S) groups is 1. The van der Waals surface area contributed by atoms with E-state index in [1.807, 2.05) is 48.5 Å². The number of aromatic nitrogens is 2. The molecule has 0 aliphatic heterocycles. The maximum Gasteiger partial charge on any atom is 0.168 e. The van der Waals surface area contributed by atoms with Crippen LogP contribution in [-0.2, 0) is 0 Å². The smallest absolute Gasteiger partial charge is 0.168 e. The summed E-state index contributed by atoms with van der Waals surface area (Å²) in [4.78, 5) is 8.94. The van der Waals surface area contributed by atoms with Crippen LogP contribution in [0.15, 0.2) is 60.8 Å². The third-order valence-electron chi connectivity index (χ3n) is 3.45. The lowest BCUT2D eigenvalue weighted by Gasteiger charge is -2.10. The van der Waals surface area contributed by atoms with Crippen LogP contribution in [0, 0.1) is 6.92 Å². The molecule has 2 aromatic carbocycles. The molecule has 0 aliphatic carbocycles. The molecular weight excluding hydrogens is 318 g/mol. The first kappa shape index (κ1) is 15.9. The molecule has 3 aromatic rings. The summed E-state index contributed by atoms with van der Waals surface area (Å²) in [7, 11) is 0. The molecule has 3 rings (SSSR count). The van der Waals surface area contributed by atoms with Crippen LogP contribution in [-0.4, -0.2) is 15.1 Å². The van der Waals surface area contributed by atoms with Gasteiger partial charge in [-0.3, -0.25) is 0 Å². The molecule has 24 heavy (non-hydrogen) atoms. The van der Waals surface area contributed by atoms with Crippen molar-refractivity contribution in [3.05, 3.63) is 66.4 Å². The third-order valence-corrected chi connectivity index (χ3v) is 3.55. The summed E-state index contributed by atoms with van der Waals surface area (Å²) in [6.07, 6.45) is 1.73. The standard InChI is InChI=1S/C18H17N5S/c1-12-5-2-3-8-15(12)22-16-9-10-20-17(23-16)13-6-4-7-14(11-13)21-18(19)24/h2-11H,1H3,(H3,19,21,24)(H,20,22,23). The first-order valence-electron chi connectivity index (χ1n) is 7.44. The second-order valence-electron chi connectivity index (χ2n) is 5.28. The maximum absolute atomic E-state index is 5.52. The maximum atomic E-state index is 5.52. The highest BCUT2D eigenvalue weighted by atomic mass is 32.1. The summed E-state index contributed by atoms with van der Waals surface area (Å²) in [5, 5.41) is 6.46. The Kier molecular flexibility index (Phi) is 4.67. The van der Waals surface area contributed by atoms with Gasteiger partial charge in [0.2, 0.25) is 0 Å². The van der Waals surface area contributed by atoms with E-state index in [2.05, 4.69) is 33.6 Å². The van der Waals surface area contributed by atoms with Crippen LogP contribution in [0.2, 0.25) is 0 Å². The Morgan fingerprint density at radius 2 is 1.92 bits per heavy atom. The molecule has 0 unspecified atom stereocenters. The van der Waals surface area contributed by atoms with Gasteiger partial charge >= 0.3 is 0 Å². The quantitative estimate of drug-likeness (QED) is 0.629. The minimum absolute atomic E-state index is 0.225. The molecule has 0 spiro atoms. The van der Waals surface area contributed by atoms with E-state index >= 15 is 0 Å². The van der Waals surface area contributed by atoms with Crippen LogP contribution < -0.4 is 16.4 Å². The van der Waals surface area contributed by atoms with Gasteiger partial charge in [-0.1, -0.05) is 30.3 Å². The lowest BCUT2D eigenvalue weighted by Crippen LogP contribution is -2.18. The number of para-hydroxylation sites is 1. The van der Waals surface area contributed by atoms with E-state index in [0.29, 0.717) is 5.82 Å². The zero-order chi connectivity index (χ0) is 16.9. The number of benzene rings is 2.